The highest BCUT2D eigenvalue weighted by atomic mass is 16.1. The highest BCUT2D eigenvalue weighted by Gasteiger charge is 2.12. The van der Waals surface area contributed by atoms with Gasteiger partial charge in [-0.15, -0.1) is 0 Å². The number of nitrogens with one attached hydrogen (secondary N) is 1. The first kappa shape index (κ1) is 9.52. The van der Waals surface area contributed by atoms with Crippen LogP contribution in [0.15, 0.2) is 0 Å². The molecule has 1 amide bonds. The maximum absolute atomic E-state index is 10.5. The second kappa shape index (κ2) is 5.14. The molecule has 0 atom stereocenters. The zero-order valence-electron chi connectivity index (χ0n) is 7.51. The Kier molecular flexibility index (Phi) is 4.08. The van der Waals surface area contributed by atoms with Gasteiger partial charge < -0.3 is 11.1 Å². The monoisotopic (exact) mass is 170 g/mol. The van der Waals surface area contributed by atoms with Gasteiger partial charge in [-0.25, -0.2) is 0 Å². The number of carbonyl (C=O) groups excluding carboxylic acids is 1. The van der Waals surface area contributed by atoms with Crippen molar-refractivity contribution in [3.8, 4) is 0 Å². The van der Waals surface area contributed by atoms with E-state index in [-0.39, 0.29) is 5.91 Å². The van der Waals surface area contributed by atoms with Crippen molar-refractivity contribution in [2.45, 2.75) is 32.1 Å². The number of rotatable bonds is 4. The molecule has 1 aliphatic heterocycles. The van der Waals surface area contributed by atoms with Crippen LogP contribution in [0.2, 0.25) is 0 Å². The largest absolute Gasteiger partial charge is 0.370 e. The Bertz CT molecular complexity index is 141. The highest BCUT2D eigenvalue weighted by Crippen LogP contribution is 2.18. The fourth-order valence-corrected chi connectivity index (χ4v) is 1.74. The van der Waals surface area contributed by atoms with Crippen LogP contribution < -0.4 is 11.1 Å². The molecule has 0 aromatic rings. The summed E-state index contributed by atoms with van der Waals surface area (Å²) in [6.07, 6.45) is 5.23. The van der Waals surface area contributed by atoms with Gasteiger partial charge in [0.1, 0.15) is 0 Å². The quantitative estimate of drug-likeness (QED) is 0.650. The van der Waals surface area contributed by atoms with E-state index in [9.17, 15) is 4.79 Å². The average Bonchev–Trinajstić information content (AvgIpc) is 2.05. The molecule has 0 aliphatic carbocycles. The first-order chi connectivity index (χ1) is 5.79. The van der Waals surface area contributed by atoms with Gasteiger partial charge in [0.2, 0.25) is 5.91 Å². The summed E-state index contributed by atoms with van der Waals surface area (Å²) in [5.74, 6) is 0.662. The van der Waals surface area contributed by atoms with Crippen LogP contribution in [0.3, 0.4) is 0 Å². The molecule has 70 valence electrons. The lowest BCUT2D eigenvalue weighted by molar-refractivity contribution is -0.118. The van der Waals surface area contributed by atoms with Crippen LogP contribution >= 0.6 is 0 Å². The fourth-order valence-electron chi connectivity index (χ4n) is 1.74. The Morgan fingerprint density at radius 3 is 2.67 bits per heavy atom. The Balaban J connectivity index is 2.01. The predicted molar refractivity (Wildman–Crippen MR) is 48.6 cm³/mol. The molecule has 0 aromatic heterocycles. The molecule has 3 nitrogen and oxygen atoms in total. The summed E-state index contributed by atoms with van der Waals surface area (Å²) in [5.41, 5.74) is 5.06. The van der Waals surface area contributed by atoms with Crippen molar-refractivity contribution in [2.24, 2.45) is 11.7 Å². The summed E-state index contributed by atoms with van der Waals surface area (Å²) in [6.45, 7) is 2.28. The molecule has 0 radical (unpaired) electrons. The van der Waals surface area contributed by atoms with E-state index in [4.69, 9.17) is 5.73 Å². The summed E-state index contributed by atoms with van der Waals surface area (Å²) in [7, 11) is 0. The van der Waals surface area contributed by atoms with Crippen molar-refractivity contribution in [3.63, 3.8) is 0 Å². The fraction of sp³-hybridized carbons (Fsp3) is 0.889. The van der Waals surface area contributed by atoms with Gasteiger partial charge in [0.05, 0.1) is 0 Å². The van der Waals surface area contributed by atoms with Crippen molar-refractivity contribution in [3.05, 3.63) is 0 Å². The predicted octanol–water partition coefficient (Wildman–Crippen LogP) is 0.642. The SMILES string of the molecule is NC(=O)CCCC1CCNCC1. The van der Waals surface area contributed by atoms with E-state index >= 15 is 0 Å². The van der Waals surface area contributed by atoms with Crippen LogP contribution in [0.5, 0.6) is 0 Å². The molecule has 0 bridgehead atoms. The second-order valence-corrected chi connectivity index (χ2v) is 3.55. The van der Waals surface area contributed by atoms with Crippen LogP contribution in [-0.2, 0) is 4.79 Å². The van der Waals surface area contributed by atoms with E-state index in [1.807, 2.05) is 0 Å². The molecule has 0 unspecified atom stereocenters. The molecular weight excluding hydrogens is 152 g/mol. The van der Waals surface area contributed by atoms with E-state index in [0.717, 1.165) is 25.4 Å². The number of primary amides is 1. The number of piperidine rings is 1. The van der Waals surface area contributed by atoms with E-state index in [0.29, 0.717) is 6.42 Å². The van der Waals surface area contributed by atoms with Crippen LogP contribution in [0.25, 0.3) is 0 Å². The van der Waals surface area contributed by atoms with Gasteiger partial charge in [0, 0.05) is 6.42 Å². The topological polar surface area (TPSA) is 55.1 Å². The number of carbonyl (C=O) groups is 1. The van der Waals surface area contributed by atoms with Gasteiger partial charge in [0.25, 0.3) is 0 Å². The first-order valence-corrected chi connectivity index (χ1v) is 4.78. The molecular formula is C9H18N2O. The lowest BCUT2D eigenvalue weighted by atomic mass is 9.92. The molecule has 3 heteroatoms. The molecule has 12 heavy (non-hydrogen) atoms. The van der Waals surface area contributed by atoms with Crippen LogP contribution in [0.1, 0.15) is 32.1 Å². The normalized spacial score (nSPS) is 19.3. The number of hydrogen-bond donors (Lipinski definition) is 2. The van der Waals surface area contributed by atoms with Crippen molar-refractivity contribution in [1.29, 1.82) is 0 Å². The molecule has 1 heterocycles. The molecule has 1 saturated heterocycles. The van der Waals surface area contributed by atoms with Crippen molar-refractivity contribution < 1.29 is 4.79 Å². The van der Waals surface area contributed by atoms with Gasteiger partial charge >= 0.3 is 0 Å². The minimum Gasteiger partial charge on any atom is -0.370 e. The van der Waals surface area contributed by atoms with Gasteiger partial charge in [-0.1, -0.05) is 0 Å². The lowest BCUT2D eigenvalue weighted by Crippen LogP contribution is -2.27. The Labute approximate surface area is 73.7 Å². The Morgan fingerprint density at radius 1 is 1.42 bits per heavy atom. The van der Waals surface area contributed by atoms with Crippen molar-refractivity contribution >= 4 is 5.91 Å². The molecule has 0 aromatic carbocycles. The summed E-state index contributed by atoms with van der Waals surface area (Å²) < 4.78 is 0. The van der Waals surface area contributed by atoms with Crippen LogP contribution in [0, 0.1) is 5.92 Å². The third-order valence-corrected chi connectivity index (χ3v) is 2.49. The standard InChI is InChI=1S/C9H18N2O/c10-9(12)3-1-2-8-4-6-11-7-5-8/h8,11H,1-7H2,(H2,10,12). The third kappa shape index (κ3) is 3.72. The van der Waals surface area contributed by atoms with Gasteiger partial charge in [0.15, 0.2) is 0 Å². The van der Waals surface area contributed by atoms with Crippen molar-refractivity contribution in [1.82, 2.24) is 5.32 Å². The molecule has 0 saturated carbocycles. The zero-order valence-corrected chi connectivity index (χ0v) is 7.51. The number of amides is 1. The summed E-state index contributed by atoms with van der Waals surface area (Å²) in [4.78, 5) is 10.5. The van der Waals surface area contributed by atoms with E-state index in [2.05, 4.69) is 5.32 Å². The zero-order chi connectivity index (χ0) is 8.81. The molecule has 1 fully saturated rings. The van der Waals surface area contributed by atoms with Crippen LogP contribution in [-0.4, -0.2) is 19.0 Å². The minimum absolute atomic E-state index is 0.163. The summed E-state index contributed by atoms with van der Waals surface area (Å²) >= 11 is 0. The van der Waals surface area contributed by atoms with Gasteiger partial charge in [-0.2, -0.15) is 0 Å². The van der Waals surface area contributed by atoms with E-state index in [1.165, 1.54) is 19.3 Å². The smallest absolute Gasteiger partial charge is 0.217 e. The molecule has 1 rings (SSSR count). The molecule has 3 N–H and O–H groups in total. The van der Waals surface area contributed by atoms with Crippen LogP contribution in [0.4, 0.5) is 0 Å². The second-order valence-electron chi connectivity index (χ2n) is 3.55. The lowest BCUT2D eigenvalue weighted by Gasteiger charge is -2.21. The maximum Gasteiger partial charge on any atom is 0.217 e. The summed E-state index contributed by atoms with van der Waals surface area (Å²) in [6, 6.07) is 0. The molecule has 0 spiro atoms. The molecule has 1 aliphatic rings. The van der Waals surface area contributed by atoms with Gasteiger partial charge in [-0.05, 0) is 44.7 Å². The first-order valence-electron chi connectivity index (χ1n) is 4.78. The number of hydrogen-bond acceptors (Lipinski definition) is 2. The maximum atomic E-state index is 10.5. The Hall–Kier alpha value is -0.570. The Morgan fingerprint density at radius 2 is 2.08 bits per heavy atom. The van der Waals surface area contributed by atoms with Gasteiger partial charge in [-0.3, -0.25) is 4.79 Å². The average molecular weight is 170 g/mol. The third-order valence-electron chi connectivity index (χ3n) is 2.49. The minimum atomic E-state index is -0.163. The van der Waals surface area contributed by atoms with Crippen molar-refractivity contribution in [2.75, 3.05) is 13.1 Å². The number of nitrogens with two attached hydrogens (primary N) is 1. The van der Waals surface area contributed by atoms with E-state index in [1.54, 1.807) is 0 Å². The highest BCUT2D eigenvalue weighted by molar-refractivity contribution is 5.73. The van der Waals surface area contributed by atoms with E-state index < -0.39 is 0 Å². The summed E-state index contributed by atoms with van der Waals surface area (Å²) in [5, 5.41) is 3.32.